The van der Waals surface area contributed by atoms with Crippen LogP contribution in [0.3, 0.4) is 0 Å². The van der Waals surface area contributed by atoms with Crippen molar-refractivity contribution in [2.75, 3.05) is 6.79 Å². The predicted octanol–water partition coefficient (Wildman–Crippen LogP) is 1.68. The zero-order valence-electron chi connectivity index (χ0n) is 13.2. The molecule has 0 aromatic heterocycles. The van der Waals surface area contributed by atoms with Crippen LogP contribution in [0, 0.1) is 11.3 Å². The van der Waals surface area contributed by atoms with Gasteiger partial charge in [0.05, 0.1) is 11.6 Å². The van der Waals surface area contributed by atoms with E-state index in [0.29, 0.717) is 29.0 Å². The number of nitrogens with zero attached hydrogens (tertiary/aromatic N) is 1. The van der Waals surface area contributed by atoms with E-state index >= 15 is 0 Å². The van der Waals surface area contributed by atoms with Gasteiger partial charge in [0.15, 0.2) is 11.5 Å². The second-order valence-electron chi connectivity index (χ2n) is 5.38. The van der Waals surface area contributed by atoms with Crippen molar-refractivity contribution in [2.24, 2.45) is 0 Å². The molecule has 0 radical (unpaired) electrons. The molecule has 2 aromatic carbocycles. The standard InChI is InChI=1S/C18H15N3O4/c19-10-13-3-1-12(2-4-13)5-8-17(22)20-21-18(23)14-6-7-15-16(9-14)25-11-24-15/h1-4,6-7,9H,5,8,11H2,(H,20,22)(H,21,23). The highest BCUT2D eigenvalue weighted by atomic mass is 16.7. The fraction of sp³-hybridized carbons (Fsp3) is 0.167. The highest BCUT2D eigenvalue weighted by Gasteiger charge is 2.16. The van der Waals surface area contributed by atoms with Gasteiger partial charge in [0.2, 0.25) is 12.7 Å². The van der Waals surface area contributed by atoms with Crippen LogP contribution < -0.4 is 20.3 Å². The van der Waals surface area contributed by atoms with Gasteiger partial charge in [-0.2, -0.15) is 5.26 Å². The number of aryl methyl sites for hydroxylation is 1. The lowest BCUT2D eigenvalue weighted by atomic mass is 10.1. The highest BCUT2D eigenvalue weighted by molar-refractivity contribution is 5.96. The zero-order valence-corrected chi connectivity index (χ0v) is 13.2. The van der Waals surface area contributed by atoms with Gasteiger partial charge in [-0.15, -0.1) is 0 Å². The SMILES string of the molecule is N#Cc1ccc(CCC(=O)NNC(=O)c2ccc3c(c2)OCO3)cc1. The maximum Gasteiger partial charge on any atom is 0.269 e. The number of rotatable bonds is 4. The number of nitriles is 1. The second kappa shape index (κ2) is 7.36. The molecule has 2 amide bonds. The molecule has 126 valence electrons. The molecule has 0 saturated carbocycles. The minimum Gasteiger partial charge on any atom is -0.454 e. The molecule has 0 fully saturated rings. The normalized spacial score (nSPS) is 11.5. The van der Waals surface area contributed by atoms with Crippen molar-refractivity contribution in [1.29, 1.82) is 5.26 Å². The third-order valence-corrected chi connectivity index (χ3v) is 3.67. The van der Waals surface area contributed by atoms with Gasteiger partial charge in [0.25, 0.3) is 5.91 Å². The summed E-state index contributed by atoms with van der Waals surface area (Å²) in [6.45, 7) is 0.131. The Morgan fingerprint density at radius 1 is 1.04 bits per heavy atom. The van der Waals surface area contributed by atoms with Crippen LogP contribution in [0.1, 0.15) is 27.9 Å². The lowest BCUT2D eigenvalue weighted by Crippen LogP contribution is -2.41. The molecule has 1 aliphatic rings. The summed E-state index contributed by atoms with van der Waals surface area (Å²) in [4.78, 5) is 23.9. The van der Waals surface area contributed by atoms with E-state index in [1.54, 1.807) is 42.5 Å². The maximum absolute atomic E-state index is 12.0. The quantitative estimate of drug-likeness (QED) is 0.827. The number of benzene rings is 2. The van der Waals surface area contributed by atoms with E-state index in [4.69, 9.17) is 14.7 Å². The molecule has 1 heterocycles. The molecular weight excluding hydrogens is 322 g/mol. The molecule has 0 unspecified atom stereocenters. The van der Waals surface area contributed by atoms with Crippen LogP contribution >= 0.6 is 0 Å². The summed E-state index contributed by atoms with van der Waals surface area (Å²) in [7, 11) is 0. The van der Waals surface area contributed by atoms with Crippen molar-refractivity contribution in [3.05, 3.63) is 59.2 Å². The molecule has 7 nitrogen and oxygen atoms in total. The van der Waals surface area contributed by atoms with E-state index in [1.807, 2.05) is 6.07 Å². The Morgan fingerprint density at radius 3 is 2.56 bits per heavy atom. The third-order valence-electron chi connectivity index (χ3n) is 3.67. The number of hydrazine groups is 1. The Hall–Kier alpha value is -3.53. The summed E-state index contributed by atoms with van der Waals surface area (Å²) >= 11 is 0. The smallest absolute Gasteiger partial charge is 0.269 e. The summed E-state index contributed by atoms with van der Waals surface area (Å²) in [5, 5.41) is 8.75. The summed E-state index contributed by atoms with van der Waals surface area (Å²) in [6, 6.07) is 13.8. The summed E-state index contributed by atoms with van der Waals surface area (Å²) < 4.78 is 10.4. The number of amides is 2. The first-order valence-electron chi connectivity index (χ1n) is 7.63. The molecule has 1 aliphatic heterocycles. The zero-order chi connectivity index (χ0) is 17.6. The lowest BCUT2D eigenvalue weighted by molar-refractivity contribution is -0.121. The number of ether oxygens (including phenoxy) is 2. The minimum absolute atomic E-state index is 0.131. The monoisotopic (exact) mass is 337 g/mol. The van der Waals surface area contributed by atoms with E-state index in [2.05, 4.69) is 10.9 Å². The Bertz CT molecular complexity index is 840. The van der Waals surface area contributed by atoms with Gasteiger partial charge in [0, 0.05) is 12.0 Å². The summed E-state index contributed by atoms with van der Waals surface area (Å²) in [5.41, 5.74) is 6.62. The molecule has 0 saturated heterocycles. The van der Waals surface area contributed by atoms with E-state index in [-0.39, 0.29) is 19.1 Å². The van der Waals surface area contributed by atoms with Crippen LogP contribution in [-0.4, -0.2) is 18.6 Å². The number of hydrogen-bond acceptors (Lipinski definition) is 5. The van der Waals surface area contributed by atoms with Crippen LogP contribution in [0.25, 0.3) is 0 Å². The Morgan fingerprint density at radius 2 is 1.80 bits per heavy atom. The number of hydrogen-bond donors (Lipinski definition) is 2. The molecule has 0 spiro atoms. The van der Waals surface area contributed by atoms with E-state index < -0.39 is 5.91 Å². The van der Waals surface area contributed by atoms with Crippen molar-refractivity contribution < 1.29 is 19.1 Å². The Kier molecular flexibility index (Phi) is 4.81. The van der Waals surface area contributed by atoms with Crippen LogP contribution in [-0.2, 0) is 11.2 Å². The number of nitrogens with one attached hydrogen (secondary N) is 2. The molecule has 2 aromatic rings. The second-order valence-corrected chi connectivity index (χ2v) is 5.38. The topological polar surface area (TPSA) is 100 Å². The van der Waals surface area contributed by atoms with Crippen LogP contribution in [0.5, 0.6) is 11.5 Å². The fourth-order valence-corrected chi connectivity index (χ4v) is 2.30. The van der Waals surface area contributed by atoms with Crippen molar-refractivity contribution in [2.45, 2.75) is 12.8 Å². The summed E-state index contributed by atoms with van der Waals surface area (Å²) in [6.07, 6.45) is 0.727. The Balaban J connectivity index is 1.46. The first-order valence-corrected chi connectivity index (χ1v) is 7.63. The first kappa shape index (κ1) is 16.3. The fourth-order valence-electron chi connectivity index (χ4n) is 2.30. The van der Waals surface area contributed by atoms with E-state index in [1.165, 1.54) is 0 Å². The first-order chi connectivity index (χ1) is 12.2. The van der Waals surface area contributed by atoms with Crippen LogP contribution in [0.15, 0.2) is 42.5 Å². The van der Waals surface area contributed by atoms with Gasteiger partial charge < -0.3 is 9.47 Å². The van der Waals surface area contributed by atoms with E-state index in [0.717, 1.165) is 5.56 Å². The number of fused-ring (bicyclic) bond motifs is 1. The molecule has 25 heavy (non-hydrogen) atoms. The minimum atomic E-state index is -0.440. The van der Waals surface area contributed by atoms with Crippen LogP contribution in [0.4, 0.5) is 0 Å². The van der Waals surface area contributed by atoms with E-state index in [9.17, 15) is 9.59 Å². The molecule has 0 aliphatic carbocycles. The third kappa shape index (κ3) is 4.06. The van der Waals surface area contributed by atoms with Gasteiger partial charge in [-0.25, -0.2) is 0 Å². The molecular formula is C18H15N3O4. The van der Waals surface area contributed by atoms with Crippen molar-refractivity contribution >= 4 is 11.8 Å². The van der Waals surface area contributed by atoms with Gasteiger partial charge in [-0.05, 0) is 42.3 Å². The van der Waals surface area contributed by atoms with Gasteiger partial charge in [-0.1, -0.05) is 12.1 Å². The molecule has 2 N–H and O–H groups in total. The molecule has 0 atom stereocenters. The van der Waals surface area contributed by atoms with Crippen molar-refractivity contribution in [3.8, 4) is 17.6 Å². The number of carbonyl (C=O) groups is 2. The largest absolute Gasteiger partial charge is 0.454 e. The number of carbonyl (C=O) groups excluding carboxylic acids is 2. The molecule has 7 heteroatoms. The van der Waals surface area contributed by atoms with Gasteiger partial charge in [-0.3, -0.25) is 20.4 Å². The highest BCUT2D eigenvalue weighted by Crippen LogP contribution is 2.32. The molecule has 3 rings (SSSR count). The lowest BCUT2D eigenvalue weighted by Gasteiger charge is -2.08. The maximum atomic E-state index is 12.0. The average Bonchev–Trinajstić information content (AvgIpc) is 3.12. The van der Waals surface area contributed by atoms with Gasteiger partial charge in [0.1, 0.15) is 0 Å². The van der Waals surface area contributed by atoms with Crippen molar-refractivity contribution in [1.82, 2.24) is 10.9 Å². The summed E-state index contributed by atoms with van der Waals surface area (Å²) in [5.74, 6) is 0.339. The van der Waals surface area contributed by atoms with Crippen molar-refractivity contribution in [3.63, 3.8) is 0 Å². The molecule has 0 bridgehead atoms. The average molecular weight is 337 g/mol. The van der Waals surface area contributed by atoms with Crippen LogP contribution in [0.2, 0.25) is 0 Å². The Labute approximate surface area is 144 Å². The van der Waals surface area contributed by atoms with Gasteiger partial charge >= 0.3 is 0 Å². The predicted molar refractivity (Wildman–Crippen MR) is 87.7 cm³/mol.